The zero-order chi connectivity index (χ0) is 30.4. The molecule has 0 aliphatic heterocycles. The average molecular weight is 602 g/mol. The summed E-state index contributed by atoms with van der Waals surface area (Å²) in [5.74, 6) is -0.633. The van der Waals surface area contributed by atoms with Gasteiger partial charge >= 0.3 is 6.36 Å². The zero-order valence-corrected chi connectivity index (χ0v) is 23.2. The van der Waals surface area contributed by atoms with Gasteiger partial charge in [0.05, 0.1) is 40.5 Å². The molecule has 14 heteroatoms. The van der Waals surface area contributed by atoms with Crippen LogP contribution < -0.4 is 4.74 Å². The van der Waals surface area contributed by atoms with Crippen molar-refractivity contribution in [3.05, 3.63) is 89.9 Å². The summed E-state index contributed by atoms with van der Waals surface area (Å²) in [5, 5.41) is 17.8. The zero-order valence-electron chi connectivity index (χ0n) is 22.4. The van der Waals surface area contributed by atoms with Gasteiger partial charge in [-0.1, -0.05) is 11.3 Å². The van der Waals surface area contributed by atoms with Crippen molar-refractivity contribution in [2.75, 3.05) is 6.26 Å². The van der Waals surface area contributed by atoms with Gasteiger partial charge in [0, 0.05) is 23.6 Å². The Bertz CT molecular complexity index is 1900. The number of nitrogens with zero attached hydrogens (tertiary/aromatic N) is 5. The molecule has 0 saturated heterocycles. The lowest BCUT2D eigenvalue weighted by atomic mass is 10.0. The highest BCUT2D eigenvalue weighted by molar-refractivity contribution is 7.90. The van der Waals surface area contributed by atoms with Gasteiger partial charge in [0.15, 0.2) is 9.84 Å². The second kappa shape index (κ2) is 10.7. The normalized spacial score (nSPS) is 12.1. The number of ether oxygens (including phenoxy) is 1. The third-order valence-electron chi connectivity index (χ3n) is 6.44. The minimum atomic E-state index is -4.84. The van der Waals surface area contributed by atoms with Crippen LogP contribution in [0.3, 0.4) is 0 Å². The molecule has 218 valence electrons. The second-order valence-corrected chi connectivity index (χ2v) is 11.5. The van der Waals surface area contributed by atoms with E-state index >= 15 is 0 Å². The van der Waals surface area contributed by atoms with Crippen molar-refractivity contribution in [1.29, 1.82) is 0 Å². The second-order valence-electron chi connectivity index (χ2n) is 9.47. The molecule has 0 fully saturated rings. The SMILES string of the molecule is Cc1cn(-c2ccc(-c3cc(F)c(CO)c(S(C)(=O)=O)c3)cc2-n2nncc2-c2ccc(OC(F)(F)F)cc2)c(C)n1. The van der Waals surface area contributed by atoms with E-state index in [0.717, 1.165) is 18.0 Å². The van der Waals surface area contributed by atoms with Crippen LogP contribution in [0.15, 0.2) is 71.9 Å². The Hall–Kier alpha value is -4.56. The van der Waals surface area contributed by atoms with Crippen molar-refractivity contribution in [3.8, 4) is 39.5 Å². The standard InChI is InChI=1S/C28H23F4N5O4S/c1-16-14-36(17(2)34-16)24-9-6-19(20-10-23(29)22(15-38)27(12-20)42(3,39)40)11-25(24)37-26(13-33-35-37)18-4-7-21(8-5-18)41-28(30,31)32/h4-14,38H,15H2,1-3H3. The fourth-order valence-electron chi connectivity index (χ4n) is 4.64. The first-order valence-corrected chi connectivity index (χ1v) is 14.2. The maximum Gasteiger partial charge on any atom is 0.573 e. The van der Waals surface area contributed by atoms with Crippen LogP contribution in [0.25, 0.3) is 33.8 Å². The lowest BCUT2D eigenvalue weighted by Crippen LogP contribution is -2.16. The first kappa shape index (κ1) is 29.0. The van der Waals surface area contributed by atoms with Crippen LogP contribution in [0, 0.1) is 19.7 Å². The van der Waals surface area contributed by atoms with E-state index in [0.29, 0.717) is 34.0 Å². The van der Waals surface area contributed by atoms with Crippen molar-refractivity contribution in [2.45, 2.75) is 31.7 Å². The monoisotopic (exact) mass is 601 g/mol. The third-order valence-corrected chi connectivity index (χ3v) is 7.61. The molecule has 2 aromatic heterocycles. The van der Waals surface area contributed by atoms with E-state index in [1.807, 2.05) is 6.92 Å². The van der Waals surface area contributed by atoms with Crippen LogP contribution in [0.4, 0.5) is 17.6 Å². The fraction of sp³-hybridized carbons (Fsp3) is 0.179. The Kier molecular flexibility index (Phi) is 7.37. The van der Waals surface area contributed by atoms with Crippen molar-refractivity contribution < 1.29 is 35.8 Å². The van der Waals surface area contributed by atoms with Gasteiger partial charge in [-0.3, -0.25) is 0 Å². The van der Waals surface area contributed by atoms with Crippen LogP contribution in [0.1, 0.15) is 17.1 Å². The summed E-state index contributed by atoms with van der Waals surface area (Å²) in [6.07, 6.45) is -0.687. The van der Waals surface area contributed by atoms with Gasteiger partial charge in [0.1, 0.15) is 17.4 Å². The number of aryl methyl sites for hydroxylation is 2. The maximum absolute atomic E-state index is 15.0. The summed E-state index contributed by atoms with van der Waals surface area (Å²) in [6.45, 7) is 2.82. The number of aromatic nitrogens is 5. The maximum atomic E-state index is 15.0. The number of aliphatic hydroxyl groups is 1. The number of rotatable bonds is 7. The molecule has 5 rings (SSSR count). The van der Waals surface area contributed by atoms with E-state index in [2.05, 4.69) is 20.0 Å². The lowest BCUT2D eigenvalue weighted by Gasteiger charge is -2.17. The fourth-order valence-corrected chi connectivity index (χ4v) is 5.59. The topological polar surface area (TPSA) is 112 Å². The molecule has 42 heavy (non-hydrogen) atoms. The molecule has 1 N–H and O–H groups in total. The highest BCUT2D eigenvalue weighted by Gasteiger charge is 2.31. The highest BCUT2D eigenvalue weighted by Crippen LogP contribution is 2.34. The molecular formula is C28H23F4N5O4S. The molecule has 9 nitrogen and oxygen atoms in total. The summed E-state index contributed by atoms with van der Waals surface area (Å²) in [4.78, 5) is 4.11. The Balaban J connectivity index is 1.70. The molecular weight excluding hydrogens is 578 g/mol. The summed E-state index contributed by atoms with van der Waals surface area (Å²) in [5.41, 5.74) is 2.97. The Morgan fingerprint density at radius 3 is 2.24 bits per heavy atom. The summed E-state index contributed by atoms with van der Waals surface area (Å²) >= 11 is 0. The Morgan fingerprint density at radius 1 is 0.952 bits per heavy atom. The van der Waals surface area contributed by atoms with E-state index in [-0.39, 0.29) is 16.0 Å². The third kappa shape index (κ3) is 5.76. The molecule has 0 spiro atoms. The van der Waals surface area contributed by atoms with Gasteiger partial charge in [-0.25, -0.2) is 22.5 Å². The van der Waals surface area contributed by atoms with Gasteiger partial charge in [-0.05, 0) is 73.5 Å². The number of imidazole rings is 1. The summed E-state index contributed by atoms with van der Waals surface area (Å²) in [6, 6.07) is 12.7. The van der Waals surface area contributed by atoms with E-state index < -0.39 is 34.4 Å². The van der Waals surface area contributed by atoms with Crippen molar-refractivity contribution in [1.82, 2.24) is 24.5 Å². The van der Waals surface area contributed by atoms with Gasteiger partial charge in [0.2, 0.25) is 0 Å². The predicted molar refractivity (Wildman–Crippen MR) is 145 cm³/mol. The molecule has 0 atom stereocenters. The van der Waals surface area contributed by atoms with Gasteiger partial charge in [-0.15, -0.1) is 18.3 Å². The number of hydrogen-bond acceptors (Lipinski definition) is 7. The smallest absolute Gasteiger partial charge is 0.406 e. The summed E-state index contributed by atoms with van der Waals surface area (Å²) < 4.78 is 85.0. The number of hydrogen-bond donors (Lipinski definition) is 1. The van der Waals surface area contributed by atoms with Crippen LogP contribution >= 0.6 is 0 Å². The van der Waals surface area contributed by atoms with Crippen molar-refractivity contribution in [2.24, 2.45) is 0 Å². The largest absolute Gasteiger partial charge is 0.573 e. The van der Waals surface area contributed by atoms with Gasteiger partial charge in [0.25, 0.3) is 0 Å². The number of sulfone groups is 1. The lowest BCUT2D eigenvalue weighted by molar-refractivity contribution is -0.274. The van der Waals surface area contributed by atoms with Crippen molar-refractivity contribution in [3.63, 3.8) is 0 Å². The quantitative estimate of drug-likeness (QED) is 0.251. The van der Waals surface area contributed by atoms with Crippen molar-refractivity contribution >= 4 is 9.84 Å². The van der Waals surface area contributed by atoms with Crippen LogP contribution in [0.2, 0.25) is 0 Å². The first-order chi connectivity index (χ1) is 19.7. The molecule has 0 unspecified atom stereocenters. The molecule has 0 amide bonds. The highest BCUT2D eigenvalue weighted by atomic mass is 32.2. The number of aliphatic hydroxyl groups excluding tert-OH is 1. The van der Waals surface area contributed by atoms with Crippen LogP contribution in [0.5, 0.6) is 5.75 Å². The molecule has 0 radical (unpaired) electrons. The minimum absolute atomic E-state index is 0.228. The Labute approximate surface area is 237 Å². The molecule has 2 heterocycles. The van der Waals surface area contributed by atoms with E-state index in [9.17, 15) is 31.1 Å². The predicted octanol–water partition coefficient (Wildman–Crippen LogP) is 5.34. The van der Waals surface area contributed by atoms with Crippen LogP contribution in [-0.2, 0) is 16.4 Å². The minimum Gasteiger partial charge on any atom is -0.406 e. The number of alkyl halides is 3. The van der Waals surface area contributed by atoms with E-state index in [1.54, 1.807) is 35.9 Å². The van der Waals surface area contributed by atoms with Crippen LogP contribution in [-0.4, -0.2) is 50.7 Å². The van der Waals surface area contributed by atoms with Gasteiger partial charge < -0.3 is 14.4 Å². The molecule has 0 bridgehead atoms. The van der Waals surface area contributed by atoms with E-state index in [4.69, 9.17) is 0 Å². The summed E-state index contributed by atoms with van der Waals surface area (Å²) in [7, 11) is -3.88. The number of benzene rings is 3. The van der Waals surface area contributed by atoms with E-state index in [1.165, 1.54) is 41.2 Å². The van der Waals surface area contributed by atoms with Gasteiger partial charge in [-0.2, -0.15) is 0 Å². The number of halogens is 4. The first-order valence-electron chi connectivity index (χ1n) is 12.3. The Morgan fingerprint density at radius 2 is 1.64 bits per heavy atom. The average Bonchev–Trinajstić information content (AvgIpc) is 3.52. The molecule has 0 saturated carbocycles. The molecule has 3 aromatic carbocycles. The molecule has 0 aliphatic carbocycles. The molecule has 0 aliphatic rings. The molecule has 5 aromatic rings.